The highest BCUT2D eigenvalue weighted by atomic mass is 16.6. The van der Waals surface area contributed by atoms with Gasteiger partial charge >= 0.3 is 0 Å². The number of nitro groups is 1. The fourth-order valence-electron chi connectivity index (χ4n) is 2.20. The lowest BCUT2D eigenvalue weighted by Gasteiger charge is -2.24. The Balaban J connectivity index is 2.38. The molecule has 18 heavy (non-hydrogen) atoms. The Labute approximate surface area is 105 Å². The molecule has 0 aliphatic carbocycles. The Bertz CT molecular complexity index is 430. The molecule has 1 heterocycles. The molecule has 6 nitrogen and oxygen atoms in total. The molecule has 2 N–H and O–H groups in total. The maximum Gasteiger partial charge on any atom is 0.277 e. The zero-order valence-electron chi connectivity index (χ0n) is 9.96. The first-order valence-electron chi connectivity index (χ1n) is 5.92. The number of aliphatic hydroxyl groups excluding tert-OH is 1. The number of nitrogens with one attached hydrogen (secondary N) is 1. The molecule has 0 radical (unpaired) electrons. The number of benzene rings is 1. The third-order valence-corrected chi connectivity index (χ3v) is 3.01. The fourth-order valence-corrected chi connectivity index (χ4v) is 2.20. The van der Waals surface area contributed by atoms with Crippen LogP contribution in [0.2, 0.25) is 0 Å². The minimum absolute atomic E-state index is 0.0922. The van der Waals surface area contributed by atoms with E-state index in [1.54, 1.807) is 18.2 Å². The molecular weight excluding hydrogens is 236 g/mol. The number of aliphatic hydroxyl groups is 1. The standard InChI is InChI=1S/C12H16N2O4/c15-6-4-9-2-1-3-10(12(9)14(16)17)11-8-18-7-5-13-11/h1-3,11,13,15H,4-8H2. The zero-order valence-corrected chi connectivity index (χ0v) is 9.96. The van der Waals surface area contributed by atoms with E-state index in [0.29, 0.717) is 30.9 Å². The minimum Gasteiger partial charge on any atom is -0.396 e. The van der Waals surface area contributed by atoms with Crippen LogP contribution in [0.5, 0.6) is 0 Å². The van der Waals surface area contributed by atoms with Gasteiger partial charge < -0.3 is 15.2 Å². The fraction of sp³-hybridized carbons (Fsp3) is 0.500. The van der Waals surface area contributed by atoms with Crippen molar-refractivity contribution >= 4 is 5.69 Å². The average Bonchev–Trinajstić information content (AvgIpc) is 2.39. The summed E-state index contributed by atoms with van der Waals surface area (Å²) in [5.41, 5.74) is 1.28. The van der Waals surface area contributed by atoms with Gasteiger partial charge in [-0.1, -0.05) is 18.2 Å². The summed E-state index contributed by atoms with van der Waals surface area (Å²) in [5.74, 6) is 0. The van der Waals surface area contributed by atoms with E-state index in [9.17, 15) is 10.1 Å². The Morgan fingerprint density at radius 1 is 1.56 bits per heavy atom. The molecule has 0 spiro atoms. The quantitative estimate of drug-likeness (QED) is 0.611. The molecular formula is C12H16N2O4. The molecule has 1 atom stereocenters. The van der Waals surface area contributed by atoms with E-state index in [1.165, 1.54) is 0 Å². The topological polar surface area (TPSA) is 84.6 Å². The van der Waals surface area contributed by atoms with Crippen molar-refractivity contribution in [3.63, 3.8) is 0 Å². The van der Waals surface area contributed by atoms with Gasteiger partial charge in [0.15, 0.2) is 0 Å². The minimum atomic E-state index is -0.378. The van der Waals surface area contributed by atoms with Crippen LogP contribution in [0.25, 0.3) is 0 Å². The van der Waals surface area contributed by atoms with Gasteiger partial charge in [0.1, 0.15) is 0 Å². The van der Waals surface area contributed by atoms with Crippen LogP contribution in [-0.4, -0.2) is 36.4 Å². The summed E-state index contributed by atoms with van der Waals surface area (Å²) in [6.45, 7) is 1.65. The highest BCUT2D eigenvalue weighted by Gasteiger charge is 2.26. The number of para-hydroxylation sites is 1. The summed E-state index contributed by atoms with van der Waals surface area (Å²) in [5, 5.41) is 23.4. The summed E-state index contributed by atoms with van der Waals surface area (Å²) in [6.07, 6.45) is 0.289. The van der Waals surface area contributed by atoms with Crippen LogP contribution in [0, 0.1) is 10.1 Å². The predicted octanol–water partition coefficient (Wildman–Crippen LogP) is 0.790. The summed E-state index contributed by atoms with van der Waals surface area (Å²) in [6, 6.07) is 5.05. The van der Waals surface area contributed by atoms with Gasteiger partial charge in [-0.15, -0.1) is 0 Å². The molecule has 98 valence electrons. The lowest BCUT2D eigenvalue weighted by atomic mass is 9.99. The molecule has 1 aliphatic rings. The molecule has 0 aromatic heterocycles. The highest BCUT2D eigenvalue weighted by Crippen LogP contribution is 2.30. The third kappa shape index (κ3) is 2.66. The molecule has 0 bridgehead atoms. The molecule has 2 rings (SSSR count). The maximum absolute atomic E-state index is 11.2. The first-order valence-corrected chi connectivity index (χ1v) is 5.92. The van der Waals surface area contributed by atoms with E-state index in [2.05, 4.69) is 5.32 Å². The predicted molar refractivity (Wildman–Crippen MR) is 65.4 cm³/mol. The Kier molecular flexibility index (Phi) is 4.24. The number of nitro benzene ring substituents is 1. The molecule has 1 aliphatic heterocycles. The second-order valence-electron chi connectivity index (χ2n) is 4.17. The smallest absolute Gasteiger partial charge is 0.277 e. The van der Waals surface area contributed by atoms with Crippen LogP contribution < -0.4 is 5.32 Å². The van der Waals surface area contributed by atoms with E-state index >= 15 is 0 Å². The first-order chi connectivity index (χ1) is 8.74. The average molecular weight is 252 g/mol. The third-order valence-electron chi connectivity index (χ3n) is 3.01. The van der Waals surface area contributed by atoms with Crippen LogP contribution in [0.3, 0.4) is 0 Å². The van der Waals surface area contributed by atoms with Gasteiger partial charge in [0.25, 0.3) is 5.69 Å². The molecule has 1 unspecified atom stereocenters. The number of hydrogen-bond acceptors (Lipinski definition) is 5. The number of ether oxygens (including phenoxy) is 1. The number of hydrogen-bond donors (Lipinski definition) is 2. The normalized spacial score (nSPS) is 19.7. The Morgan fingerprint density at radius 2 is 2.39 bits per heavy atom. The molecule has 1 aromatic carbocycles. The molecule has 0 saturated carbocycles. The largest absolute Gasteiger partial charge is 0.396 e. The molecule has 1 aromatic rings. The van der Waals surface area contributed by atoms with Crippen molar-refractivity contribution < 1.29 is 14.8 Å². The molecule has 1 fully saturated rings. The molecule has 0 amide bonds. The van der Waals surface area contributed by atoms with Crippen molar-refractivity contribution in [2.75, 3.05) is 26.4 Å². The van der Waals surface area contributed by atoms with Crippen LogP contribution in [0.15, 0.2) is 18.2 Å². The SMILES string of the molecule is O=[N+]([O-])c1c(CCO)cccc1C1COCCN1. The van der Waals surface area contributed by atoms with Gasteiger partial charge in [0, 0.05) is 30.7 Å². The van der Waals surface area contributed by atoms with Crippen molar-refractivity contribution in [2.24, 2.45) is 0 Å². The van der Waals surface area contributed by atoms with E-state index in [1.807, 2.05) is 0 Å². The summed E-state index contributed by atoms with van der Waals surface area (Å²) < 4.78 is 5.34. The van der Waals surface area contributed by atoms with Crippen molar-refractivity contribution in [3.8, 4) is 0 Å². The van der Waals surface area contributed by atoms with Gasteiger partial charge in [-0.05, 0) is 0 Å². The van der Waals surface area contributed by atoms with Crippen molar-refractivity contribution in [2.45, 2.75) is 12.5 Å². The van der Waals surface area contributed by atoms with Gasteiger partial charge in [0.05, 0.1) is 24.2 Å². The highest BCUT2D eigenvalue weighted by molar-refractivity contribution is 5.49. The molecule has 6 heteroatoms. The van der Waals surface area contributed by atoms with Gasteiger partial charge in [0.2, 0.25) is 0 Å². The second-order valence-corrected chi connectivity index (χ2v) is 4.17. The van der Waals surface area contributed by atoms with Crippen LogP contribution >= 0.6 is 0 Å². The van der Waals surface area contributed by atoms with E-state index in [0.717, 1.165) is 0 Å². The lowest BCUT2D eigenvalue weighted by molar-refractivity contribution is -0.386. The maximum atomic E-state index is 11.2. The Hall–Kier alpha value is -1.50. The first kappa shape index (κ1) is 12.9. The monoisotopic (exact) mass is 252 g/mol. The number of nitrogens with zero attached hydrogens (tertiary/aromatic N) is 1. The van der Waals surface area contributed by atoms with Gasteiger partial charge in [-0.3, -0.25) is 10.1 Å². The van der Waals surface area contributed by atoms with E-state index in [-0.39, 0.29) is 29.7 Å². The second kappa shape index (κ2) is 5.90. The van der Waals surface area contributed by atoms with E-state index in [4.69, 9.17) is 9.84 Å². The zero-order chi connectivity index (χ0) is 13.0. The number of morpholine rings is 1. The van der Waals surface area contributed by atoms with E-state index < -0.39 is 0 Å². The van der Waals surface area contributed by atoms with Crippen molar-refractivity contribution in [1.29, 1.82) is 0 Å². The number of rotatable bonds is 4. The summed E-state index contributed by atoms with van der Waals surface area (Å²) in [4.78, 5) is 10.8. The van der Waals surface area contributed by atoms with Gasteiger partial charge in [-0.2, -0.15) is 0 Å². The summed E-state index contributed by atoms with van der Waals surface area (Å²) >= 11 is 0. The van der Waals surface area contributed by atoms with Crippen LogP contribution in [0.1, 0.15) is 17.2 Å². The van der Waals surface area contributed by atoms with Crippen LogP contribution in [0.4, 0.5) is 5.69 Å². The van der Waals surface area contributed by atoms with Crippen LogP contribution in [-0.2, 0) is 11.2 Å². The molecule has 1 saturated heterocycles. The summed E-state index contributed by atoms with van der Waals surface area (Å²) in [7, 11) is 0. The van der Waals surface area contributed by atoms with Crippen molar-refractivity contribution in [1.82, 2.24) is 5.32 Å². The van der Waals surface area contributed by atoms with Crippen molar-refractivity contribution in [3.05, 3.63) is 39.4 Å². The lowest BCUT2D eigenvalue weighted by Crippen LogP contribution is -2.35. The Morgan fingerprint density at radius 3 is 3.00 bits per heavy atom. The van der Waals surface area contributed by atoms with Gasteiger partial charge in [-0.25, -0.2) is 0 Å².